The molecule has 0 aromatic heterocycles. The van der Waals surface area contributed by atoms with Gasteiger partial charge in [-0.1, -0.05) is 44.2 Å². The number of halogens is 1. The maximum atomic E-state index is 5.92. The molecule has 0 rings (SSSR count). The fourth-order valence-electron chi connectivity index (χ4n) is 0.564. The molecule has 0 bridgehead atoms. The molecule has 11 heavy (non-hydrogen) atoms. The summed E-state index contributed by atoms with van der Waals surface area (Å²) in [7, 11) is 0. The van der Waals surface area contributed by atoms with Crippen LogP contribution in [0.15, 0.2) is 35.4 Å². The predicted molar refractivity (Wildman–Crippen MR) is 52.7 cm³/mol. The molecule has 0 fully saturated rings. The van der Waals surface area contributed by atoms with Gasteiger partial charge in [-0.15, -0.1) is 0 Å². The molecule has 0 aliphatic heterocycles. The summed E-state index contributed by atoms with van der Waals surface area (Å²) in [5, 5.41) is 0.748. The second-order valence-electron chi connectivity index (χ2n) is 2.72. The van der Waals surface area contributed by atoms with Crippen molar-refractivity contribution in [3.05, 3.63) is 35.4 Å². The van der Waals surface area contributed by atoms with E-state index in [-0.39, 0.29) is 0 Å². The third-order valence-corrected chi connectivity index (χ3v) is 1.81. The van der Waals surface area contributed by atoms with Crippen LogP contribution < -0.4 is 0 Å². The van der Waals surface area contributed by atoms with Gasteiger partial charge in [0.2, 0.25) is 0 Å². The molecule has 0 aromatic carbocycles. The van der Waals surface area contributed by atoms with Gasteiger partial charge in [0.25, 0.3) is 0 Å². The fourth-order valence-corrected chi connectivity index (χ4v) is 0.854. The fraction of sp³-hybridized carbons (Fsp3) is 0.400. The Balaban J connectivity index is 4.24. The number of rotatable bonds is 3. The predicted octanol–water partition coefficient (Wildman–Crippen LogP) is 3.90. The van der Waals surface area contributed by atoms with Crippen LogP contribution in [0.2, 0.25) is 0 Å². The second kappa shape index (κ2) is 5.20. The Morgan fingerprint density at radius 1 is 1.45 bits per heavy atom. The highest BCUT2D eigenvalue weighted by molar-refractivity contribution is 6.32. The molecule has 0 N–H and O–H groups in total. The molecule has 0 unspecified atom stereocenters. The molecule has 62 valence electrons. The zero-order valence-corrected chi connectivity index (χ0v) is 8.15. The maximum Gasteiger partial charge on any atom is 0.0434 e. The summed E-state index contributed by atoms with van der Waals surface area (Å²) in [5.41, 5.74) is 0.991. The van der Waals surface area contributed by atoms with E-state index < -0.39 is 0 Å². The molecule has 0 nitrogen and oxygen atoms in total. The summed E-state index contributed by atoms with van der Waals surface area (Å²) in [6.07, 6.45) is 5.72. The van der Waals surface area contributed by atoms with Crippen LogP contribution in [0.5, 0.6) is 0 Å². The van der Waals surface area contributed by atoms with E-state index in [4.69, 9.17) is 11.6 Å². The van der Waals surface area contributed by atoms with Crippen LogP contribution in [0, 0.1) is 5.92 Å². The third kappa shape index (κ3) is 4.05. The lowest BCUT2D eigenvalue weighted by Gasteiger charge is -2.06. The van der Waals surface area contributed by atoms with E-state index in [0.717, 1.165) is 10.6 Å². The first-order chi connectivity index (χ1) is 5.09. The lowest BCUT2D eigenvalue weighted by Crippen LogP contribution is -1.91. The van der Waals surface area contributed by atoms with Gasteiger partial charge >= 0.3 is 0 Å². The molecule has 0 saturated heterocycles. The standard InChI is InChI=1S/C10H15Cl/c1-5-6-7-10(11)9(4)8(2)3/h5-8H,4H2,1-3H3/b6-5-,10-7+. The summed E-state index contributed by atoms with van der Waals surface area (Å²) in [5.74, 6) is 0.420. The largest absolute Gasteiger partial charge is 0.0941 e. The van der Waals surface area contributed by atoms with Crippen molar-refractivity contribution in [3.8, 4) is 0 Å². The van der Waals surface area contributed by atoms with Crippen LogP contribution in [-0.4, -0.2) is 0 Å². The van der Waals surface area contributed by atoms with Gasteiger partial charge in [-0.3, -0.25) is 0 Å². The zero-order valence-electron chi connectivity index (χ0n) is 7.39. The van der Waals surface area contributed by atoms with E-state index in [2.05, 4.69) is 20.4 Å². The van der Waals surface area contributed by atoms with Gasteiger partial charge in [0.1, 0.15) is 0 Å². The monoisotopic (exact) mass is 170 g/mol. The third-order valence-electron chi connectivity index (χ3n) is 1.44. The molecular weight excluding hydrogens is 156 g/mol. The Hall–Kier alpha value is -0.490. The van der Waals surface area contributed by atoms with E-state index >= 15 is 0 Å². The molecule has 0 amide bonds. The minimum atomic E-state index is 0.420. The molecule has 0 aliphatic rings. The van der Waals surface area contributed by atoms with Crippen molar-refractivity contribution in [2.45, 2.75) is 20.8 Å². The minimum absolute atomic E-state index is 0.420. The quantitative estimate of drug-likeness (QED) is 0.564. The molecule has 0 spiro atoms. The van der Waals surface area contributed by atoms with Crippen LogP contribution in [-0.2, 0) is 0 Å². The van der Waals surface area contributed by atoms with E-state index in [1.807, 2.05) is 25.2 Å². The van der Waals surface area contributed by atoms with Crippen molar-refractivity contribution >= 4 is 11.6 Å². The van der Waals surface area contributed by atoms with Crippen molar-refractivity contribution in [1.29, 1.82) is 0 Å². The Labute approximate surface area is 74.3 Å². The first-order valence-corrected chi connectivity index (χ1v) is 4.15. The molecule has 0 aromatic rings. The van der Waals surface area contributed by atoms with Crippen LogP contribution in [0.25, 0.3) is 0 Å². The van der Waals surface area contributed by atoms with Crippen molar-refractivity contribution in [3.63, 3.8) is 0 Å². The average Bonchev–Trinajstić information content (AvgIpc) is 1.98. The van der Waals surface area contributed by atoms with Crippen molar-refractivity contribution in [2.24, 2.45) is 5.92 Å². The van der Waals surface area contributed by atoms with Crippen molar-refractivity contribution in [2.75, 3.05) is 0 Å². The highest BCUT2D eigenvalue weighted by Crippen LogP contribution is 2.20. The van der Waals surface area contributed by atoms with E-state index in [1.165, 1.54) is 0 Å². The topological polar surface area (TPSA) is 0 Å². The normalized spacial score (nSPS) is 13.0. The lowest BCUT2D eigenvalue weighted by atomic mass is 10.1. The van der Waals surface area contributed by atoms with Crippen LogP contribution >= 0.6 is 11.6 Å². The zero-order chi connectivity index (χ0) is 8.85. The van der Waals surface area contributed by atoms with E-state index in [0.29, 0.717) is 5.92 Å². The van der Waals surface area contributed by atoms with Gasteiger partial charge in [-0.05, 0) is 24.5 Å². The number of hydrogen-bond acceptors (Lipinski definition) is 0. The van der Waals surface area contributed by atoms with Gasteiger partial charge < -0.3 is 0 Å². The Morgan fingerprint density at radius 2 is 2.00 bits per heavy atom. The molecule has 1 heteroatoms. The highest BCUT2D eigenvalue weighted by Gasteiger charge is 2.01. The Bertz CT molecular complexity index is 185. The van der Waals surface area contributed by atoms with Crippen molar-refractivity contribution in [1.82, 2.24) is 0 Å². The first kappa shape index (κ1) is 10.5. The van der Waals surface area contributed by atoms with Gasteiger partial charge in [-0.2, -0.15) is 0 Å². The molecule has 0 radical (unpaired) electrons. The average molecular weight is 171 g/mol. The molecular formula is C10H15Cl. The summed E-state index contributed by atoms with van der Waals surface area (Å²) in [6, 6.07) is 0. The lowest BCUT2D eigenvalue weighted by molar-refractivity contribution is 0.791. The number of hydrogen-bond donors (Lipinski definition) is 0. The van der Waals surface area contributed by atoms with Crippen LogP contribution in [0.4, 0.5) is 0 Å². The van der Waals surface area contributed by atoms with Gasteiger partial charge in [0, 0.05) is 5.03 Å². The summed E-state index contributed by atoms with van der Waals surface area (Å²) >= 11 is 5.92. The van der Waals surface area contributed by atoms with Crippen LogP contribution in [0.3, 0.4) is 0 Å². The Morgan fingerprint density at radius 3 is 2.36 bits per heavy atom. The highest BCUT2D eigenvalue weighted by atomic mass is 35.5. The van der Waals surface area contributed by atoms with E-state index in [1.54, 1.807) is 0 Å². The van der Waals surface area contributed by atoms with Crippen LogP contribution in [0.1, 0.15) is 20.8 Å². The summed E-state index contributed by atoms with van der Waals surface area (Å²) < 4.78 is 0. The summed E-state index contributed by atoms with van der Waals surface area (Å²) in [6.45, 7) is 9.99. The molecule has 0 atom stereocenters. The molecule has 0 aliphatic carbocycles. The van der Waals surface area contributed by atoms with E-state index in [9.17, 15) is 0 Å². The smallest absolute Gasteiger partial charge is 0.0434 e. The molecule has 0 saturated carbocycles. The van der Waals surface area contributed by atoms with Gasteiger partial charge in [-0.25, -0.2) is 0 Å². The van der Waals surface area contributed by atoms with Gasteiger partial charge in [0.15, 0.2) is 0 Å². The Kier molecular flexibility index (Phi) is 4.97. The van der Waals surface area contributed by atoms with Gasteiger partial charge in [0.05, 0.1) is 0 Å². The van der Waals surface area contributed by atoms with Crippen molar-refractivity contribution < 1.29 is 0 Å². The first-order valence-electron chi connectivity index (χ1n) is 3.77. The number of allylic oxidation sites excluding steroid dienone is 5. The summed E-state index contributed by atoms with van der Waals surface area (Å²) in [4.78, 5) is 0. The SMILES string of the molecule is C=C(/C(Cl)=C\C=C/C)C(C)C. The second-order valence-corrected chi connectivity index (χ2v) is 3.13. The maximum absolute atomic E-state index is 5.92. The molecule has 0 heterocycles. The minimum Gasteiger partial charge on any atom is -0.0941 e.